The first-order valence-corrected chi connectivity index (χ1v) is 6.66. The van der Waals surface area contributed by atoms with Crippen LogP contribution in [0.25, 0.3) is 0 Å². The molecule has 0 saturated carbocycles. The van der Waals surface area contributed by atoms with Gasteiger partial charge in [-0.2, -0.15) is 0 Å². The van der Waals surface area contributed by atoms with E-state index in [0.29, 0.717) is 6.61 Å². The quantitative estimate of drug-likeness (QED) is 0.582. The monoisotopic (exact) mass is 233 g/mol. The highest BCUT2D eigenvalue weighted by Gasteiger charge is 2.17. The van der Waals surface area contributed by atoms with Crippen LogP contribution >= 0.6 is 0 Å². The summed E-state index contributed by atoms with van der Waals surface area (Å²) in [5.74, 6) is 0.952. The number of ether oxygens (including phenoxy) is 1. The molecule has 0 aliphatic carbocycles. The topological polar surface area (TPSA) is 9.23 Å². The van der Waals surface area contributed by atoms with Crippen LogP contribution in [0.1, 0.15) is 46.5 Å². The molecule has 0 aliphatic rings. The standard InChI is InChI=1S/C16H25O/c1-4-5-9-12-16(2,3)13-14-17-15-10-7-6-8-11-15/h6-8,10-11,13H,4-5,9,12,14H2,1-3H3. The Kier molecular flexibility index (Phi) is 6.10. The fourth-order valence-corrected chi connectivity index (χ4v) is 1.81. The van der Waals surface area contributed by atoms with Gasteiger partial charge in [0.2, 0.25) is 0 Å². The summed E-state index contributed by atoms with van der Waals surface area (Å²) >= 11 is 0. The van der Waals surface area contributed by atoms with Crippen LogP contribution in [0.4, 0.5) is 0 Å². The largest absolute Gasteiger partial charge is 0.493 e. The highest BCUT2D eigenvalue weighted by molar-refractivity contribution is 5.21. The predicted molar refractivity (Wildman–Crippen MR) is 74.2 cm³/mol. The van der Waals surface area contributed by atoms with Gasteiger partial charge < -0.3 is 4.74 Å². The normalized spacial score (nSPS) is 11.5. The lowest BCUT2D eigenvalue weighted by atomic mass is 9.84. The van der Waals surface area contributed by atoms with Crippen LogP contribution in [0, 0.1) is 11.8 Å². The van der Waals surface area contributed by atoms with Crippen molar-refractivity contribution in [1.29, 1.82) is 0 Å². The third-order valence-electron chi connectivity index (χ3n) is 3.05. The molecule has 0 spiro atoms. The first-order valence-electron chi connectivity index (χ1n) is 6.66. The molecule has 0 aliphatic heterocycles. The molecule has 0 saturated heterocycles. The highest BCUT2D eigenvalue weighted by atomic mass is 16.5. The molecule has 1 aromatic rings. The highest BCUT2D eigenvalue weighted by Crippen LogP contribution is 2.27. The minimum atomic E-state index is 0.282. The van der Waals surface area contributed by atoms with Crippen LogP contribution in [0.3, 0.4) is 0 Å². The minimum absolute atomic E-state index is 0.282. The van der Waals surface area contributed by atoms with Crippen molar-refractivity contribution in [1.82, 2.24) is 0 Å². The van der Waals surface area contributed by atoms with Gasteiger partial charge in [-0.15, -0.1) is 0 Å². The van der Waals surface area contributed by atoms with E-state index >= 15 is 0 Å². The molecule has 17 heavy (non-hydrogen) atoms. The Balaban J connectivity index is 2.20. The first-order chi connectivity index (χ1) is 8.14. The summed E-state index contributed by atoms with van der Waals surface area (Å²) in [6.45, 7) is 7.52. The molecule has 0 bridgehead atoms. The molecule has 0 atom stereocenters. The van der Waals surface area contributed by atoms with Gasteiger partial charge in [0.15, 0.2) is 0 Å². The van der Waals surface area contributed by atoms with Crippen LogP contribution in [0.2, 0.25) is 0 Å². The summed E-state index contributed by atoms with van der Waals surface area (Å²) in [5, 5.41) is 0. The molecule has 1 heteroatoms. The molecule has 0 amide bonds. The van der Waals surface area contributed by atoms with Crippen molar-refractivity contribution >= 4 is 0 Å². The van der Waals surface area contributed by atoms with Crippen molar-refractivity contribution in [3.05, 3.63) is 36.8 Å². The summed E-state index contributed by atoms with van der Waals surface area (Å²) in [5.41, 5.74) is 0.282. The van der Waals surface area contributed by atoms with Crippen LogP contribution in [0.5, 0.6) is 5.75 Å². The van der Waals surface area contributed by atoms with Gasteiger partial charge in [0.25, 0.3) is 0 Å². The summed E-state index contributed by atoms with van der Waals surface area (Å²) < 4.78 is 5.69. The molecule has 1 rings (SSSR count). The SMILES string of the molecule is CCCCCC(C)(C)[CH]COc1ccccc1. The lowest BCUT2D eigenvalue weighted by molar-refractivity contribution is 0.284. The molecule has 1 radical (unpaired) electrons. The van der Waals surface area contributed by atoms with Crippen LogP contribution < -0.4 is 4.74 Å². The number of rotatable bonds is 8. The number of hydrogen-bond donors (Lipinski definition) is 0. The Bertz CT molecular complexity index is 290. The minimum Gasteiger partial charge on any atom is -0.493 e. The van der Waals surface area contributed by atoms with Crippen molar-refractivity contribution in [2.45, 2.75) is 46.5 Å². The Morgan fingerprint density at radius 3 is 2.47 bits per heavy atom. The second-order valence-electron chi connectivity index (χ2n) is 5.27. The molecule has 1 aromatic carbocycles. The molecular weight excluding hydrogens is 208 g/mol. The third kappa shape index (κ3) is 6.35. The van der Waals surface area contributed by atoms with E-state index in [-0.39, 0.29) is 5.41 Å². The van der Waals surface area contributed by atoms with Crippen molar-refractivity contribution in [3.8, 4) is 5.75 Å². The van der Waals surface area contributed by atoms with Crippen LogP contribution in [-0.4, -0.2) is 6.61 Å². The van der Waals surface area contributed by atoms with E-state index in [9.17, 15) is 0 Å². The molecule has 1 nitrogen and oxygen atoms in total. The van der Waals surface area contributed by atoms with Crippen molar-refractivity contribution in [2.75, 3.05) is 6.61 Å². The maximum atomic E-state index is 5.69. The first kappa shape index (κ1) is 14.1. The Labute approximate surface area is 106 Å². The van der Waals surface area contributed by atoms with E-state index in [4.69, 9.17) is 4.74 Å². The van der Waals surface area contributed by atoms with Crippen LogP contribution in [0.15, 0.2) is 30.3 Å². The van der Waals surface area contributed by atoms with Gasteiger partial charge in [0, 0.05) is 6.42 Å². The number of para-hydroxylation sites is 1. The van der Waals surface area contributed by atoms with Crippen molar-refractivity contribution in [2.24, 2.45) is 5.41 Å². The molecular formula is C16H25O. The molecule has 0 fully saturated rings. The second-order valence-corrected chi connectivity index (χ2v) is 5.27. The molecule has 0 unspecified atom stereocenters. The molecule has 0 aromatic heterocycles. The van der Waals surface area contributed by atoms with Gasteiger partial charge >= 0.3 is 0 Å². The Morgan fingerprint density at radius 2 is 1.82 bits per heavy atom. The predicted octanol–water partition coefficient (Wildman–Crippen LogP) is 4.88. The van der Waals surface area contributed by atoms with E-state index in [1.807, 2.05) is 30.3 Å². The zero-order chi connectivity index (χ0) is 12.6. The maximum Gasteiger partial charge on any atom is 0.119 e. The van der Waals surface area contributed by atoms with E-state index in [0.717, 1.165) is 5.75 Å². The average molecular weight is 233 g/mol. The van der Waals surface area contributed by atoms with Gasteiger partial charge in [-0.3, -0.25) is 0 Å². The molecule has 0 N–H and O–H groups in total. The van der Waals surface area contributed by atoms with Gasteiger partial charge in [0.1, 0.15) is 5.75 Å². The van der Waals surface area contributed by atoms with Gasteiger partial charge in [-0.25, -0.2) is 0 Å². The van der Waals surface area contributed by atoms with Gasteiger partial charge in [-0.1, -0.05) is 58.2 Å². The summed E-state index contributed by atoms with van der Waals surface area (Å²) in [6, 6.07) is 10.0. The van der Waals surface area contributed by atoms with Crippen molar-refractivity contribution < 1.29 is 4.74 Å². The van der Waals surface area contributed by atoms with E-state index in [2.05, 4.69) is 27.2 Å². The fourth-order valence-electron chi connectivity index (χ4n) is 1.81. The van der Waals surface area contributed by atoms with E-state index < -0.39 is 0 Å². The van der Waals surface area contributed by atoms with Crippen molar-refractivity contribution in [3.63, 3.8) is 0 Å². The molecule has 0 heterocycles. The molecule has 95 valence electrons. The maximum absolute atomic E-state index is 5.69. The van der Waals surface area contributed by atoms with E-state index in [1.165, 1.54) is 25.7 Å². The van der Waals surface area contributed by atoms with E-state index in [1.54, 1.807) is 0 Å². The van der Waals surface area contributed by atoms with Gasteiger partial charge in [-0.05, 0) is 24.0 Å². The Morgan fingerprint density at radius 1 is 1.12 bits per heavy atom. The third-order valence-corrected chi connectivity index (χ3v) is 3.05. The van der Waals surface area contributed by atoms with Gasteiger partial charge in [0.05, 0.1) is 6.61 Å². The second kappa shape index (κ2) is 7.37. The Hall–Kier alpha value is -0.980. The number of hydrogen-bond acceptors (Lipinski definition) is 1. The summed E-state index contributed by atoms with van der Waals surface area (Å²) in [7, 11) is 0. The summed E-state index contributed by atoms with van der Waals surface area (Å²) in [6.07, 6.45) is 7.47. The van der Waals surface area contributed by atoms with Crippen LogP contribution in [-0.2, 0) is 0 Å². The zero-order valence-electron chi connectivity index (χ0n) is 11.4. The fraction of sp³-hybridized carbons (Fsp3) is 0.562. The lowest BCUT2D eigenvalue weighted by Gasteiger charge is -2.24. The zero-order valence-corrected chi connectivity index (χ0v) is 11.4. The smallest absolute Gasteiger partial charge is 0.119 e. The average Bonchev–Trinajstić information content (AvgIpc) is 2.30. The summed E-state index contributed by atoms with van der Waals surface area (Å²) in [4.78, 5) is 0. The number of unbranched alkanes of at least 4 members (excludes halogenated alkanes) is 2. The number of benzene rings is 1. The lowest BCUT2D eigenvalue weighted by Crippen LogP contribution is -2.16.